The van der Waals surface area contributed by atoms with Gasteiger partial charge in [-0.2, -0.15) is 0 Å². The molecule has 1 amide bonds. The van der Waals surface area contributed by atoms with Crippen LogP contribution in [0.25, 0.3) is 0 Å². The van der Waals surface area contributed by atoms with Gasteiger partial charge in [0, 0.05) is 36.4 Å². The average Bonchev–Trinajstić information content (AvgIpc) is 2.70. The van der Waals surface area contributed by atoms with Gasteiger partial charge in [-0.1, -0.05) is 0 Å². The number of hydrogen-bond acceptors (Lipinski definition) is 4. The van der Waals surface area contributed by atoms with Crippen molar-refractivity contribution >= 4 is 17.3 Å². The maximum absolute atomic E-state index is 11.9. The van der Waals surface area contributed by atoms with Gasteiger partial charge in [-0.3, -0.25) is 4.79 Å². The molecule has 1 aromatic heterocycles. The molecule has 0 radical (unpaired) electrons. The van der Waals surface area contributed by atoms with E-state index in [4.69, 9.17) is 11.5 Å². The van der Waals surface area contributed by atoms with Gasteiger partial charge in [0.15, 0.2) is 0 Å². The number of imidazole rings is 1. The minimum atomic E-state index is -0.225. The van der Waals surface area contributed by atoms with Gasteiger partial charge in [0.2, 0.25) is 0 Å². The van der Waals surface area contributed by atoms with E-state index in [0.717, 1.165) is 5.82 Å². The van der Waals surface area contributed by atoms with Crippen LogP contribution in [-0.2, 0) is 13.6 Å². The summed E-state index contributed by atoms with van der Waals surface area (Å²) in [5, 5.41) is 2.76. The molecule has 0 saturated carbocycles. The van der Waals surface area contributed by atoms with E-state index in [9.17, 15) is 4.79 Å². The Morgan fingerprint density at radius 2 is 2.00 bits per heavy atom. The molecular formula is C12H15N5O. The average molecular weight is 245 g/mol. The van der Waals surface area contributed by atoms with Crippen molar-refractivity contribution in [3.8, 4) is 0 Å². The third-order valence-corrected chi connectivity index (χ3v) is 2.57. The van der Waals surface area contributed by atoms with E-state index in [1.165, 1.54) is 0 Å². The Morgan fingerprint density at radius 3 is 2.56 bits per heavy atom. The summed E-state index contributed by atoms with van der Waals surface area (Å²) < 4.78 is 1.84. The standard InChI is InChI=1S/C12H15N5O/c1-17-3-2-15-11(17)7-16-12(18)8-4-9(13)6-10(14)5-8/h2-6H,7,13-14H2,1H3,(H,16,18). The zero-order chi connectivity index (χ0) is 13.1. The van der Waals surface area contributed by atoms with E-state index >= 15 is 0 Å². The lowest BCUT2D eigenvalue weighted by molar-refractivity contribution is 0.0949. The van der Waals surface area contributed by atoms with Crippen molar-refractivity contribution < 1.29 is 4.79 Å². The van der Waals surface area contributed by atoms with Crippen molar-refractivity contribution in [2.24, 2.45) is 7.05 Å². The molecule has 0 atom stereocenters. The minimum absolute atomic E-state index is 0.225. The number of rotatable bonds is 3. The molecule has 18 heavy (non-hydrogen) atoms. The van der Waals surface area contributed by atoms with Crippen LogP contribution >= 0.6 is 0 Å². The number of anilines is 2. The quantitative estimate of drug-likeness (QED) is 0.686. The molecule has 0 aliphatic rings. The number of hydrogen-bond donors (Lipinski definition) is 3. The van der Waals surface area contributed by atoms with Crippen molar-refractivity contribution in [1.29, 1.82) is 0 Å². The predicted octanol–water partition coefficient (Wildman–Crippen LogP) is 0.514. The number of amides is 1. The molecule has 0 saturated heterocycles. The highest BCUT2D eigenvalue weighted by Gasteiger charge is 2.08. The Morgan fingerprint density at radius 1 is 1.33 bits per heavy atom. The number of carbonyl (C=O) groups is 1. The number of nitrogen functional groups attached to an aromatic ring is 2. The van der Waals surface area contributed by atoms with E-state index in [2.05, 4.69) is 10.3 Å². The van der Waals surface area contributed by atoms with E-state index in [0.29, 0.717) is 23.5 Å². The lowest BCUT2D eigenvalue weighted by atomic mass is 10.1. The van der Waals surface area contributed by atoms with Crippen molar-refractivity contribution in [3.05, 3.63) is 42.0 Å². The molecule has 94 valence electrons. The molecule has 1 heterocycles. The van der Waals surface area contributed by atoms with Crippen LogP contribution in [0.1, 0.15) is 16.2 Å². The van der Waals surface area contributed by atoms with Gasteiger partial charge in [0.1, 0.15) is 5.82 Å². The maximum atomic E-state index is 11.9. The van der Waals surface area contributed by atoms with Gasteiger partial charge in [-0.25, -0.2) is 4.98 Å². The fourth-order valence-corrected chi connectivity index (χ4v) is 1.64. The van der Waals surface area contributed by atoms with Crippen LogP contribution < -0.4 is 16.8 Å². The Labute approximate surface area is 105 Å². The molecule has 6 nitrogen and oxygen atoms in total. The molecule has 0 unspecified atom stereocenters. The lowest BCUT2D eigenvalue weighted by Gasteiger charge is -2.07. The topological polar surface area (TPSA) is 99.0 Å². The number of aromatic nitrogens is 2. The molecule has 5 N–H and O–H groups in total. The molecule has 0 aliphatic carbocycles. The molecule has 0 bridgehead atoms. The minimum Gasteiger partial charge on any atom is -0.399 e. The monoisotopic (exact) mass is 245 g/mol. The highest BCUT2D eigenvalue weighted by Crippen LogP contribution is 2.13. The number of benzene rings is 1. The van der Waals surface area contributed by atoms with E-state index in [-0.39, 0.29) is 5.91 Å². The Hall–Kier alpha value is -2.50. The zero-order valence-corrected chi connectivity index (χ0v) is 10.1. The van der Waals surface area contributed by atoms with Crippen LogP contribution in [0.15, 0.2) is 30.6 Å². The van der Waals surface area contributed by atoms with Crippen LogP contribution in [-0.4, -0.2) is 15.5 Å². The van der Waals surface area contributed by atoms with Crippen molar-refractivity contribution in [3.63, 3.8) is 0 Å². The first kappa shape index (κ1) is 12.0. The third kappa shape index (κ3) is 2.60. The summed E-state index contributed by atoms with van der Waals surface area (Å²) in [7, 11) is 1.87. The Balaban J connectivity index is 2.06. The van der Waals surface area contributed by atoms with Crippen LogP contribution in [0.2, 0.25) is 0 Å². The van der Waals surface area contributed by atoms with E-state index < -0.39 is 0 Å². The number of nitrogens with two attached hydrogens (primary N) is 2. The van der Waals surface area contributed by atoms with Crippen molar-refractivity contribution in [2.75, 3.05) is 11.5 Å². The molecule has 2 aromatic rings. The predicted molar refractivity (Wildman–Crippen MR) is 69.6 cm³/mol. The SMILES string of the molecule is Cn1ccnc1CNC(=O)c1cc(N)cc(N)c1. The Bertz CT molecular complexity index is 555. The second-order valence-corrected chi connectivity index (χ2v) is 4.03. The van der Waals surface area contributed by atoms with Crippen LogP contribution in [0, 0.1) is 0 Å². The number of nitrogens with zero attached hydrogens (tertiary/aromatic N) is 2. The summed E-state index contributed by atoms with van der Waals surface area (Å²) in [5.74, 6) is 0.553. The molecule has 0 aliphatic heterocycles. The van der Waals surface area contributed by atoms with Crippen LogP contribution in [0.4, 0.5) is 11.4 Å². The van der Waals surface area contributed by atoms with Crippen molar-refractivity contribution in [1.82, 2.24) is 14.9 Å². The highest BCUT2D eigenvalue weighted by atomic mass is 16.1. The summed E-state index contributed by atoms with van der Waals surface area (Å²) >= 11 is 0. The summed E-state index contributed by atoms with van der Waals surface area (Å²) in [6, 6.07) is 4.78. The number of nitrogens with one attached hydrogen (secondary N) is 1. The molecule has 6 heteroatoms. The smallest absolute Gasteiger partial charge is 0.251 e. The number of carbonyl (C=O) groups excluding carboxylic acids is 1. The number of aryl methyl sites for hydroxylation is 1. The highest BCUT2D eigenvalue weighted by molar-refractivity contribution is 5.96. The van der Waals surface area contributed by atoms with E-state index in [1.807, 2.05) is 17.8 Å². The molecule has 0 spiro atoms. The Kier molecular flexibility index (Phi) is 3.18. The first-order valence-electron chi connectivity index (χ1n) is 5.46. The second kappa shape index (κ2) is 4.79. The molecule has 1 aromatic carbocycles. The fourth-order valence-electron chi connectivity index (χ4n) is 1.64. The molecular weight excluding hydrogens is 230 g/mol. The van der Waals surface area contributed by atoms with Gasteiger partial charge in [-0.15, -0.1) is 0 Å². The molecule has 0 fully saturated rings. The normalized spacial score (nSPS) is 10.3. The summed E-state index contributed by atoms with van der Waals surface area (Å²) in [4.78, 5) is 16.0. The second-order valence-electron chi connectivity index (χ2n) is 4.03. The summed E-state index contributed by atoms with van der Waals surface area (Å²) in [6.45, 7) is 0.358. The van der Waals surface area contributed by atoms with Gasteiger partial charge < -0.3 is 21.4 Å². The first-order valence-corrected chi connectivity index (χ1v) is 5.46. The summed E-state index contributed by atoms with van der Waals surface area (Å²) in [5.41, 5.74) is 12.7. The van der Waals surface area contributed by atoms with Gasteiger partial charge in [0.25, 0.3) is 5.91 Å². The molecule has 2 rings (SSSR count). The zero-order valence-electron chi connectivity index (χ0n) is 10.1. The fraction of sp³-hybridized carbons (Fsp3) is 0.167. The van der Waals surface area contributed by atoms with Gasteiger partial charge in [0.05, 0.1) is 6.54 Å². The van der Waals surface area contributed by atoms with Crippen molar-refractivity contribution in [2.45, 2.75) is 6.54 Å². The summed E-state index contributed by atoms with van der Waals surface area (Å²) in [6.07, 6.45) is 3.50. The maximum Gasteiger partial charge on any atom is 0.251 e. The lowest BCUT2D eigenvalue weighted by Crippen LogP contribution is -2.24. The van der Waals surface area contributed by atoms with Crippen LogP contribution in [0.3, 0.4) is 0 Å². The van der Waals surface area contributed by atoms with Gasteiger partial charge >= 0.3 is 0 Å². The first-order chi connectivity index (χ1) is 8.56. The van der Waals surface area contributed by atoms with E-state index in [1.54, 1.807) is 24.4 Å². The van der Waals surface area contributed by atoms with Crippen LogP contribution in [0.5, 0.6) is 0 Å². The van der Waals surface area contributed by atoms with Gasteiger partial charge in [-0.05, 0) is 18.2 Å². The third-order valence-electron chi connectivity index (χ3n) is 2.57. The largest absolute Gasteiger partial charge is 0.399 e.